The minimum absolute atomic E-state index is 0.0294. The molecule has 1 aromatic carbocycles. The number of nitrogens with one attached hydrogen (secondary N) is 1. The molecule has 0 unspecified atom stereocenters. The Kier molecular flexibility index (Phi) is 5.82. The summed E-state index contributed by atoms with van der Waals surface area (Å²) in [7, 11) is 0. The SMILES string of the molecule is C[C@@H]1CN(C(=O)N2CC(OCc3ccc(C(F)(F)F)cc3F)C2)C[C@@H]2NC(=O)CO[C@H]12. The third-order valence-corrected chi connectivity index (χ3v) is 5.88. The quantitative estimate of drug-likeness (QED) is 0.723. The van der Waals surface area contributed by atoms with Crippen molar-refractivity contribution in [1.29, 1.82) is 0 Å². The lowest BCUT2D eigenvalue weighted by Crippen LogP contribution is -2.67. The molecule has 3 fully saturated rings. The Morgan fingerprint density at radius 1 is 1.23 bits per heavy atom. The highest BCUT2D eigenvalue weighted by atomic mass is 19.4. The lowest BCUT2D eigenvalue weighted by Gasteiger charge is -2.48. The van der Waals surface area contributed by atoms with E-state index in [1.54, 1.807) is 9.80 Å². The van der Waals surface area contributed by atoms with Gasteiger partial charge in [-0.25, -0.2) is 9.18 Å². The Hall–Kier alpha value is -2.40. The minimum atomic E-state index is -4.60. The Bertz CT molecular complexity index is 859. The van der Waals surface area contributed by atoms with Crippen molar-refractivity contribution < 1.29 is 36.6 Å². The molecule has 1 N–H and O–H groups in total. The predicted octanol–water partition coefficient (Wildman–Crippen LogP) is 2.00. The van der Waals surface area contributed by atoms with Gasteiger partial charge in [-0.2, -0.15) is 13.2 Å². The molecule has 0 aliphatic carbocycles. The maximum Gasteiger partial charge on any atom is 0.416 e. The molecule has 0 spiro atoms. The van der Waals surface area contributed by atoms with Crippen molar-refractivity contribution in [3.63, 3.8) is 0 Å². The molecule has 7 nitrogen and oxygen atoms in total. The van der Waals surface area contributed by atoms with Crippen LogP contribution in [0, 0.1) is 11.7 Å². The van der Waals surface area contributed by atoms with Gasteiger partial charge in [0.25, 0.3) is 0 Å². The first-order chi connectivity index (χ1) is 14.6. The lowest BCUT2D eigenvalue weighted by atomic mass is 9.91. The number of rotatable bonds is 3. The summed E-state index contributed by atoms with van der Waals surface area (Å²) >= 11 is 0. The molecule has 3 amide bonds. The van der Waals surface area contributed by atoms with Gasteiger partial charge in [-0.15, -0.1) is 0 Å². The molecule has 0 bridgehead atoms. The first-order valence-corrected chi connectivity index (χ1v) is 10.0. The van der Waals surface area contributed by atoms with Crippen LogP contribution >= 0.6 is 0 Å². The Labute approximate surface area is 176 Å². The number of morpholine rings is 1. The van der Waals surface area contributed by atoms with E-state index in [1.807, 2.05) is 6.92 Å². The second-order valence-electron chi connectivity index (χ2n) is 8.26. The summed E-state index contributed by atoms with van der Waals surface area (Å²) in [5, 5.41) is 2.87. The minimum Gasteiger partial charge on any atom is -0.370 e. The number of alkyl halides is 3. The van der Waals surface area contributed by atoms with Crippen molar-refractivity contribution in [2.45, 2.75) is 38.0 Å². The summed E-state index contributed by atoms with van der Waals surface area (Å²) in [6, 6.07) is 1.91. The summed E-state index contributed by atoms with van der Waals surface area (Å²) in [6.07, 6.45) is -5.04. The molecule has 1 aromatic rings. The smallest absolute Gasteiger partial charge is 0.370 e. The van der Waals surface area contributed by atoms with Gasteiger partial charge in [0, 0.05) is 24.6 Å². The van der Waals surface area contributed by atoms with Crippen LogP contribution in [0.3, 0.4) is 0 Å². The van der Waals surface area contributed by atoms with Crippen LogP contribution in [0.1, 0.15) is 18.1 Å². The lowest BCUT2D eigenvalue weighted by molar-refractivity contribution is -0.144. The van der Waals surface area contributed by atoms with Gasteiger partial charge in [-0.3, -0.25) is 4.79 Å². The molecule has 3 heterocycles. The van der Waals surface area contributed by atoms with Crippen LogP contribution in [0.25, 0.3) is 0 Å². The maximum atomic E-state index is 13.9. The van der Waals surface area contributed by atoms with Crippen molar-refractivity contribution in [2.75, 3.05) is 32.8 Å². The van der Waals surface area contributed by atoms with Crippen LogP contribution in [0.2, 0.25) is 0 Å². The van der Waals surface area contributed by atoms with E-state index in [0.717, 1.165) is 12.1 Å². The highest BCUT2D eigenvalue weighted by molar-refractivity contribution is 5.79. The Balaban J connectivity index is 1.26. The van der Waals surface area contributed by atoms with Crippen molar-refractivity contribution in [3.05, 3.63) is 35.1 Å². The van der Waals surface area contributed by atoms with Gasteiger partial charge in [0.15, 0.2) is 0 Å². The van der Waals surface area contributed by atoms with Gasteiger partial charge >= 0.3 is 12.2 Å². The largest absolute Gasteiger partial charge is 0.416 e. The molecular formula is C20H23F4N3O4. The molecule has 170 valence electrons. The number of halogens is 4. The van der Waals surface area contributed by atoms with Crippen molar-refractivity contribution in [1.82, 2.24) is 15.1 Å². The van der Waals surface area contributed by atoms with Crippen LogP contribution in [0.4, 0.5) is 22.4 Å². The van der Waals surface area contributed by atoms with E-state index < -0.39 is 17.6 Å². The number of benzene rings is 1. The van der Waals surface area contributed by atoms with E-state index in [4.69, 9.17) is 9.47 Å². The van der Waals surface area contributed by atoms with Crippen LogP contribution in [0.15, 0.2) is 18.2 Å². The standard InChI is InChI=1S/C20H23F4N3O4/c1-11-5-26(8-16-18(11)31-10-17(28)25-16)19(29)27-6-14(7-27)30-9-12-2-3-13(4-15(12)21)20(22,23)24/h2-4,11,14,16,18H,5-10H2,1H3,(H,25,28)/t11-,16+,18-/m1/s1. The number of urea groups is 1. The zero-order valence-electron chi connectivity index (χ0n) is 16.8. The zero-order valence-corrected chi connectivity index (χ0v) is 16.8. The van der Waals surface area contributed by atoms with Crippen molar-refractivity contribution >= 4 is 11.9 Å². The number of hydrogen-bond donors (Lipinski definition) is 1. The molecule has 3 atom stereocenters. The Morgan fingerprint density at radius 3 is 2.61 bits per heavy atom. The van der Waals surface area contributed by atoms with Gasteiger partial charge in [0.1, 0.15) is 12.4 Å². The number of carbonyl (C=O) groups excluding carboxylic acids is 2. The predicted molar refractivity (Wildman–Crippen MR) is 99.4 cm³/mol. The van der Waals surface area contributed by atoms with Gasteiger partial charge < -0.3 is 24.6 Å². The highest BCUT2D eigenvalue weighted by Crippen LogP contribution is 2.31. The number of likely N-dealkylation sites (tertiary alicyclic amines) is 2. The highest BCUT2D eigenvalue weighted by Gasteiger charge is 2.43. The molecule has 3 aliphatic rings. The summed E-state index contributed by atoms with van der Waals surface area (Å²) in [6.45, 7) is 3.31. The van der Waals surface area contributed by atoms with Crippen molar-refractivity contribution in [3.8, 4) is 0 Å². The van der Waals surface area contributed by atoms with E-state index in [1.165, 1.54) is 0 Å². The summed E-state index contributed by atoms with van der Waals surface area (Å²) < 4.78 is 62.9. The summed E-state index contributed by atoms with van der Waals surface area (Å²) in [5.41, 5.74) is -1.02. The fourth-order valence-corrected chi connectivity index (χ4v) is 4.20. The van der Waals surface area contributed by atoms with Gasteiger partial charge in [-0.05, 0) is 12.1 Å². The zero-order chi connectivity index (χ0) is 22.3. The van der Waals surface area contributed by atoms with Crippen LogP contribution in [0.5, 0.6) is 0 Å². The van der Waals surface area contributed by atoms with E-state index in [0.29, 0.717) is 32.2 Å². The summed E-state index contributed by atoms with van der Waals surface area (Å²) in [5.74, 6) is -1.11. The normalized spacial score (nSPS) is 26.9. The number of ether oxygens (including phenoxy) is 2. The first-order valence-electron chi connectivity index (χ1n) is 10.0. The van der Waals surface area contributed by atoms with Crippen molar-refractivity contribution in [2.24, 2.45) is 5.92 Å². The number of hydrogen-bond acceptors (Lipinski definition) is 4. The van der Waals surface area contributed by atoms with E-state index in [-0.39, 0.29) is 54.9 Å². The van der Waals surface area contributed by atoms with E-state index >= 15 is 0 Å². The molecule has 0 saturated carbocycles. The summed E-state index contributed by atoms with van der Waals surface area (Å²) in [4.78, 5) is 27.6. The fraction of sp³-hybridized carbons (Fsp3) is 0.600. The van der Waals surface area contributed by atoms with E-state index in [9.17, 15) is 27.2 Å². The molecule has 31 heavy (non-hydrogen) atoms. The second-order valence-corrected chi connectivity index (χ2v) is 8.26. The number of carbonyl (C=O) groups is 2. The average Bonchev–Trinajstić information content (AvgIpc) is 2.66. The van der Waals surface area contributed by atoms with Crippen LogP contribution in [-0.4, -0.2) is 72.8 Å². The number of fused-ring (bicyclic) bond motifs is 1. The second kappa shape index (κ2) is 8.27. The fourth-order valence-electron chi connectivity index (χ4n) is 4.20. The topological polar surface area (TPSA) is 71.1 Å². The first kappa shape index (κ1) is 21.8. The van der Waals surface area contributed by atoms with Gasteiger partial charge in [0.2, 0.25) is 5.91 Å². The van der Waals surface area contributed by atoms with Crippen LogP contribution in [-0.2, 0) is 27.1 Å². The molecule has 0 aromatic heterocycles. The molecule has 0 radical (unpaired) electrons. The van der Waals surface area contributed by atoms with Gasteiger partial charge in [0.05, 0.1) is 43.5 Å². The number of piperidine rings is 1. The third kappa shape index (κ3) is 4.62. The Morgan fingerprint density at radius 2 is 1.94 bits per heavy atom. The maximum absolute atomic E-state index is 13.9. The number of nitrogens with zero attached hydrogens (tertiary/aromatic N) is 2. The monoisotopic (exact) mass is 445 g/mol. The molecular weight excluding hydrogens is 422 g/mol. The molecule has 3 saturated heterocycles. The average molecular weight is 445 g/mol. The molecule has 4 rings (SSSR count). The van der Waals surface area contributed by atoms with Crippen LogP contribution < -0.4 is 5.32 Å². The number of amides is 3. The third-order valence-electron chi connectivity index (χ3n) is 5.88. The van der Waals surface area contributed by atoms with E-state index in [2.05, 4.69) is 5.32 Å². The molecule has 3 aliphatic heterocycles. The molecule has 11 heteroatoms. The van der Waals surface area contributed by atoms with Gasteiger partial charge in [-0.1, -0.05) is 13.0 Å².